The molecule has 0 unspecified atom stereocenters. The first-order chi connectivity index (χ1) is 2.00. The molecule has 0 aromatic rings. The summed E-state index contributed by atoms with van der Waals surface area (Å²) in [5.74, 6) is 0. The number of hydrogen-bond acceptors (Lipinski definition) is 1. The predicted molar refractivity (Wildman–Crippen MR) is 31.4 cm³/mol. The van der Waals surface area contributed by atoms with E-state index < -0.39 is 7.82 Å². The van der Waals surface area contributed by atoms with Crippen molar-refractivity contribution in [3.63, 3.8) is 0 Å². The van der Waals surface area contributed by atoms with Crippen molar-refractivity contribution in [3.05, 3.63) is 0 Å². The second-order valence-electron chi connectivity index (χ2n) is 0.513. The van der Waals surface area contributed by atoms with E-state index in [1.54, 1.807) is 0 Å². The molecule has 0 aromatic heterocycles. The fourth-order valence-corrected chi connectivity index (χ4v) is 0. The number of phosphoric acid groups is 1. The zero-order valence-corrected chi connectivity index (χ0v) is 3.09. The van der Waals surface area contributed by atoms with Gasteiger partial charge in [-0.05, 0) is 0 Å². The minimum absolute atomic E-state index is 0. The predicted octanol–water partition coefficient (Wildman–Crippen LogP) is -2.76. The van der Waals surface area contributed by atoms with E-state index in [1.807, 2.05) is 0 Å². The molecule has 0 aliphatic rings. The molecule has 0 atom stereocenters. The van der Waals surface area contributed by atoms with Gasteiger partial charge in [0.2, 0.25) is 0 Å². The molecule has 0 saturated heterocycles. The molecule has 0 aliphatic carbocycles. The molecular weight excluding hydrogens is 145 g/mol. The van der Waals surface area contributed by atoms with Gasteiger partial charge in [-0.1, -0.05) is 0 Å². The molecule has 3 N–H and O–H groups in total. The van der Waals surface area contributed by atoms with Crippen LogP contribution in [0.25, 0.3) is 0 Å². The van der Waals surface area contributed by atoms with Crippen molar-refractivity contribution in [2.24, 2.45) is 0 Å². The van der Waals surface area contributed by atoms with Crippen molar-refractivity contribution < 1.29 is 19.2 Å². The van der Waals surface area contributed by atoms with Crippen LogP contribution < -0.4 is 0 Å². The summed E-state index contributed by atoms with van der Waals surface area (Å²) in [6.07, 6.45) is 0. The third-order valence-electron chi connectivity index (χ3n) is 0. The molecule has 0 spiro atoms. The summed E-state index contributed by atoms with van der Waals surface area (Å²) >= 11 is 0. The van der Waals surface area contributed by atoms with E-state index in [2.05, 4.69) is 0 Å². The Morgan fingerprint density at radius 2 is 1.14 bits per heavy atom. The Labute approximate surface area is 73.6 Å². The first-order valence-corrected chi connectivity index (χ1v) is 2.35. The normalized spacial score (nSPS) is 8.43. The van der Waals surface area contributed by atoms with Crippen molar-refractivity contribution in [2.45, 2.75) is 0 Å². The number of hydrogen-bond donors (Lipinski definition) is 3. The van der Waals surface area contributed by atoms with Crippen LogP contribution in [0, 0.1) is 0 Å². The Bertz CT molecular complexity index is 57.8. The average Bonchev–Trinajstić information content (AvgIpc) is 0.722. The molecule has 7 heavy (non-hydrogen) atoms. The molecule has 0 saturated carbocycles. The number of rotatable bonds is 0. The minimum atomic E-state index is -4.64. The molecule has 40 valence electrons. The van der Waals surface area contributed by atoms with Crippen LogP contribution in [0.1, 0.15) is 0 Å². The van der Waals surface area contributed by atoms with Crippen molar-refractivity contribution in [1.29, 1.82) is 0 Å². The van der Waals surface area contributed by atoms with Gasteiger partial charge in [0.05, 0.1) is 0 Å². The van der Waals surface area contributed by atoms with Gasteiger partial charge in [0.25, 0.3) is 0 Å². The van der Waals surface area contributed by atoms with Gasteiger partial charge in [-0.15, -0.1) is 0 Å². The van der Waals surface area contributed by atoms with E-state index in [0.717, 1.165) is 0 Å². The zero-order chi connectivity index (χ0) is 4.50. The quantitative estimate of drug-likeness (QED) is 0.259. The second-order valence-corrected chi connectivity index (χ2v) is 1.54. The Hall–Kier alpha value is 1.64. The first kappa shape index (κ1) is 15.9. The van der Waals surface area contributed by atoms with E-state index in [4.69, 9.17) is 19.2 Å². The average molecular weight is 152 g/mol. The Morgan fingerprint density at radius 1 is 1.14 bits per heavy atom. The van der Waals surface area contributed by atoms with Crippen LogP contribution in [-0.2, 0) is 4.57 Å². The van der Waals surface area contributed by atoms with Crippen LogP contribution >= 0.6 is 7.82 Å². The van der Waals surface area contributed by atoms with Crippen LogP contribution in [0.2, 0.25) is 0 Å². The van der Waals surface area contributed by atoms with Crippen LogP contribution in [-0.4, -0.2) is 61.6 Å². The van der Waals surface area contributed by atoms with E-state index in [-0.39, 0.29) is 46.9 Å². The Kier molecular flexibility index (Phi) is 13.1. The van der Waals surface area contributed by atoms with Crippen molar-refractivity contribution in [1.82, 2.24) is 0 Å². The maximum atomic E-state index is 8.88. The topological polar surface area (TPSA) is 77.8 Å². The summed E-state index contributed by atoms with van der Waals surface area (Å²) < 4.78 is 8.88. The molecule has 4 nitrogen and oxygen atoms in total. The van der Waals surface area contributed by atoms with Gasteiger partial charge in [-0.2, -0.15) is 0 Å². The van der Waals surface area contributed by atoms with Gasteiger partial charge in [-0.3, -0.25) is 0 Å². The van der Waals surface area contributed by atoms with Crippen molar-refractivity contribution in [2.75, 3.05) is 0 Å². The summed E-state index contributed by atoms with van der Waals surface area (Å²) in [7, 11) is -4.64. The second kappa shape index (κ2) is 5.77. The fourth-order valence-electron chi connectivity index (χ4n) is 0. The summed E-state index contributed by atoms with van der Waals surface area (Å²) in [4.78, 5) is 21.6. The van der Waals surface area contributed by atoms with Gasteiger partial charge >= 0.3 is 37.4 Å². The van der Waals surface area contributed by atoms with E-state index >= 15 is 0 Å². The van der Waals surface area contributed by atoms with Gasteiger partial charge in [0.15, 0.2) is 17.4 Å². The summed E-state index contributed by atoms with van der Waals surface area (Å²) in [5, 5.41) is 0. The third kappa shape index (κ3) is 90.2. The molecule has 0 aromatic carbocycles. The fraction of sp³-hybridized carbons (Fsp3) is 0. The Morgan fingerprint density at radius 3 is 1.14 bits per heavy atom. The maximum absolute atomic E-state index is 8.88. The summed E-state index contributed by atoms with van der Waals surface area (Å²) in [6.45, 7) is 0. The van der Waals surface area contributed by atoms with Crippen molar-refractivity contribution >= 4 is 54.7 Å². The van der Waals surface area contributed by atoms with E-state index in [0.29, 0.717) is 0 Å². The van der Waals surface area contributed by atoms with Gasteiger partial charge in [0.1, 0.15) is 0 Å². The molecule has 0 fully saturated rings. The van der Waals surface area contributed by atoms with Crippen LogP contribution in [0.4, 0.5) is 0 Å². The summed E-state index contributed by atoms with van der Waals surface area (Å²) in [5.41, 5.74) is 0. The van der Waals surface area contributed by atoms with Crippen molar-refractivity contribution in [3.8, 4) is 0 Å². The van der Waals surface area contributed by atoms with Crippen LogP contribution in [0.5, 0.6) is 0 Å². The molecule has 0 aliphatic heterocycles. The van der Waals surface area contributed by atoms with E-state index in [9.17, 15) is 0 Å². The summed E-state index contributed by atoms with van der Waals surface area (Å²) in [6, 6.07) is 0. The van der Waals surface area contributed by atoms with Gasteiger partial charge < -0.3 is 14.7 Å². The SMILES string of the molecule is O=P(O)(O)O.[AlH3].[NaH]. The van der Waals surface area contributed by atoms with Gasteiger partial charge in [0, 0.05) is 0 Å². The monoisotopic (exact) mass is 152 g/mol. The molecule has 0 heterocycles. The molecule has 7 heteroatoms. The molecule has 0 amide bonds. The Balaban J connectivity index is -0.0000000800. The van der Waals surface area contributed by atoms with Crippen LogP contribution in [0.15, 0.2) is 0 Å². The van der Waals surface area contributed by atoms with E-state index in [1.165, 1.54) is 0 Å². The standard InChI is InChI=1S/Al.Na.H3O4P.4H/c;;1-5(2,3)4;;;;/h;;(H3,1,2,3,4);;;;. The molecule has 0 rings (SSSR count). The molecule has 0 radical (unpaired) electrons. The zero-order valence-electron chi connectivity index (χ0n) is 2.20. The van der Waals surface area contributed by atoms with Gasteiger partial charge in [-0.25, -0.2) is 4.57 Å². The molecule has 0 bridgehead atoms. The first-order valence-electron chi connectivity index (χ1n) is 0.783. The molecular formula is H7AlNaO4P. The third-order valence-corrected chi connectivity index (χ3v) is 0. The van der Waals surface area contributed by atoms with Crippen LogP contribution in [0.3, 0.4) is 0 Å².